The largest absolute Gasteiger partial charge is 0.498 e. The molecule has 0 radical (unpaired) electrons. The van der Waals surface area contributed by atoms with Crippen LogP contribution in [0.5, 0.6) is 0 Å². The van der Waals surface area contributed by atoms with Crippen molar-refractivity contribution < 1.29 is 32.7 Å². The van der Waals surface area contributed by atoms with E-state index in [1.165, 1.54) is 17.3 Å². The molecule has 2 aliphatic rings. The number of aliphatic hydroxyl groups excluding tert-OH is 2. The smallest absolute Gasteiger partial charge is 0.399 e. The Morgan fingerprint density at radius 2 is 1.71 bits per heavy atom. The van der Waals surface area contributed by atoms with Crippen molar-refractivity contribution in [2.24, 2.45) is 5.92 Å². The number of aliphatic hydroxyl groups is 2. The first-order valence-electron chi connectivity index (χ1n) is 10.3. The summed E-state index contributed by atoms with van der Waals surface area (Å²) in [5.74, 6) is -0.801. The number of nitrogens with zero attached hydrogens (tertiary/aromatic N) is 3. The lowest BCUT2D eigenvalue weighted by Gasteiger charge is -2.32. The molecule has 0 aromatic carbocycles. The van der Waals surface area contributed by atoms with Crippen molar-refractivity contribution in [3.8, 4) is 0 Å². The summed E-state index contributed by atoms with van der Waals surface area (Å²) in [6.07, 6.45) is 2.36. The maximum Gasteiger partial charge on any atom is 0.498 e. The van der Waals surface area contributed by atoms with Crippen molar-refractivity contribution in [3.63, 3.8) is 0 Å². The van der Waals surface area contributed by atoms with Crippen LogP contribution in [0.4, 0.5) is 0 Å². The molecule has 3 heterocycles. The topological polar surface area (TPSA) is 139 Å². The molecule has 0 aliphatic carbocycles. The van der Waals surface area contributed by atoms with E-state index in [9.17, 15) is 18.3 Å². The first kappa shape index (κ1) is 24.1. The summed E-state index contributed by atoms with van der Waals surface area (Å²) in [5, 5.41) is 18.1. The van der Waals surface area contributed by atoms with E-state index in [1.54, 1.807) is 0 Å². The SMILES string of the molecule is CC1(C)OB(c2cnc(S(=O)(=O)CC3CCN(C(=O)[C@H](O)CO)CC3)nc2)OC1(C)C. The van der Waals surface area contributed by atoms with Crippen LogP contribution in [0.3, 0.4) is 0 Å². The van der Waals surface area contributed by atoms with Crippen molar-refractivity contribution in [1.29, 1.82) is 0 Å². The number of rotatable bonds is 6. The minimum Gasteiger partial charge on any atom is -0.399 e. The Balaban J connectivity index is 1.60. The lowest BCUT2D eigenvalue weighted by Crippen LogP contribution is -2.45. The van der Waals surface area contributed by atoms with Crippen LogP contribution in [0.1, 0.15) is 40.5 Å². The summed E-state index contributed by atoms with van der Waals surface area (Å²) < 4.78 is 37.4. The molecule has 0 saturated carbocycles. The lowest BCUT2D eigenvalue weighted by molar-refractivity contribution is -0.143. The Labute approximate surface area is 183 Å². The van der Waals surface area contributed by atoms with Gasteiger partial charge in [0.05, 0.1) is 23.6 Å². The monoisotopic (exact) mass is 455 g/mol. The normalized spacial score (nSPS) is 22.5. The van der Waals surface area contributed by atoms with Gasteiger partial charge in [0, 0.05) is 30.9 Å². The van der Waals surface area contributed by atoms with Gasteiger partial charge in [0.15, 0.2) is 6.10 Å². The highest BCUT2D eigenvalue weighted by molar-refractivity contribution is 7.91. The Hall–Kier alpha value is -1.60. The molecule has 0 spiro atoms. The highest BCUT2D eigenvalue weighted by atomic mass is 32.2. The Morgan fingerprint density at radius 1 is 1.19 bits per heavy atom. The van der Waals surface area contributed by atoms with Crippen molar-refractivity contribution >= 4 is 28.3 Å². The molecule has 1 aromatic rings. The fourth-order valence-electron chi connectivity index (χ4n) is 3.58. The number of carbonyl (C=O) groups excluding carboxylic acids is 1. The predicted molar refractivity (Wildman–Crippen MR) is 112 cm³/mol. The number of aromatic nitrogens is 2. The molecule has 2 aliphatic heterocycles. The minimum absolute atomic E-state index is 0.118. The molecule has 12 heteroatoms. The van der Waals surface area contributed by atoms with Crippen LogP contribution in [0.15, 0.2) is 17.6 Å². The standard InChI is InChI=1S/C19H30BN3O7S/c1-18(2)19(3,4)30-20(29-18)14-9-21-17(22-10-14)31(27,28)12-13-5-7-23(8-6-13)16(26)15(25)11-24/h9-10,13,15,24-25H,5-8,11-12H2,1-4H3/t15-/m1/s1. The maximum absolute atomic E-state index is 12.8. The molecule has 3 rings (SSSR count). The highest BCUT2D eigenvalue weighted by Gasteiger charge is 2.52. The molecule has 31 heavy (non-hydrogen) atoms. The zero-order chi connectivity index (χ0) is 23.0. The molecule has 2 N–H and O–H groups in total. The zero-order valence-corrected chi connectivity index (χ0v) is 19.1. The van der Waals surface area contributed by atoms with Crippen LogP contribution in [-0.4, -0.2) is 89.3 Å². The van der Waals surface area contributed by atoms with Gasteiger partial charge in [0.2, 0.25) is 15.0 Å². The van der Waals surface area contributed by atoms with E-state index >= 15 is 0 Å². The van der Waals surface area contributed by atoms with Gasteiger partial charge < -0.3 is 24.4 Å². The average Bonchev–Trinajstić information content (AvgIpc) is 2.94. The van der Waals surface area contributed by atoms with Crippen LogP contribution in [0.2, 0.25) is 0 Å². The summed E-state index contributed by atoms with van der Waals surface area (Å²) in [6.45, 7) is 7.74. The predicted octanol–water partition coefficient (Wildman–Crippen LogP) is -0.859. The first-order chi connectivity index (χ1) is 14.4. The summed E-state index contributed by atoms with van der Waals surface area (Å²) in [4.78, 5) is 21.5. The number of hydrogen-bond donors (Lipinski definition) is 2. The Morgan fingerprint density at radius 3 is 2.19 bits per heavy atom. The van der Waals surface area contributed by atoms with Crippen LogP contribution >= 0.6 is 0 Å². The number of carbonyl (C=O) groups is 1. The van der Waals surface area contributed by atoms with Gasteiger partial charge in [-0.05, 0) is 46.5 Å². The van der Waals surface area contributed by atoms with E-state index in [2.05, 4.69) is 9.97 Å². The molecule has 1 atom stereocenters. The van der Waals surface area contributed by atoms with E-state index in [0.29, 0.717) is 31.4 Å². The van der Waals surface area contributed by atoms with Gasteiger partial charge in [0.25, 0.3) is 5.91 Å². The quantitative estimate of drug-likeness (QED) is 0.414. The van der Waals surface area contributed by atoms with Crippen molar-refractivity contribution in [2.45, 2.75) is 63.0 Å². The van der Waals surface area contributed by atoms with Crippen molar-refractivity contribution in [2.75, 3.05) is 25.4 Å². The molecular weight excluding hydrogens is 425 g/mol. The number of sulfone groups is 1. The van der Waals surface area contributed by atoms with Gasteiger partial charge >= 0.3 is 7.12 Å². The lowest BCUT2D eigenvalue weighted by atomic mass is 9.81. The summed E-state index contributed by atoms with van der Waals surface area (Å²) in [5.41, 5.74) is -0.496. The zero-order valence-electron chi connectivity index (χ0n) is 18.3. The molecule has 0 bridgehead atoms. The van der Waals surface area contributed by atoms with Crippen LogP contribution in [-0.2, 0) is 23.9 Å². The summed E-state index contributed by atoms with van der Waals surface area (Å²) >= 11 is 0. The minimum atomic E-state index is -3.70. The van der Waals surface area contributed by atoms with Gasteiger partial charge in [-0.25, -0.2) is 18.4 Å². The number of piperidine rings is 1. The van der Waals surface area contributed by atoms with Crippen LogP contribution < -0.4 is 5.46 Å². The second kappa shape index (κ2) is 8.74. The summed E-state index contributed by atoms with van der Waals surface area (Å²) in [6, 6.07) is 0. The van der Waals surface area contributed by atoms with Gasteiger partial charge in [0.1, 0.15) is 0 Å². The summed E-state index contributed by atoms with van der Waals surface area (Å²) in [7, 11) is -4.37. The van der Waals surface area contributed by atoms with Crippen molar-refractivity contribution in [3.05, 3.63) is 12.4 Å². The molecule has 10 nitrogen and oxygen atoms in total. The molecular formula is C19H30BN3O7S. The second-order valence-corrected chi connectivity index (χ2v) is 11.1. The number of likely N-dealkylation sites (tertiary alicyclic amines) is 1. The number of hydrogen-bond acceptors (Lipinski definition) is 9. The molecule has 1 aromatic heterocycles. The van der Waals surface area contributed by atoms with E-state index in [1.807, 2.05) is 27.7 Å². The van der Waals surface area contributed by atoms with E-state index in [4.69, 9.17) is 14.4 Å². The number of amides is 1. The Kier molecular flexibility index (Phi) is 6.78. The van der Waals surface area contributed by atoms with Crippen molar-refractivity contribution in [1.82, 2.24) is 14.9 Å². The molecule has 172 valence electrons. The van der Waals surface area contributed by atoms with Crippen LogP contribution in [0, 0.1) is 5.92 Å². The molecule has 0 unspecified atom stereocenters. The second-order valence-electron chi connectivity index (χ2n) is 9.14. The van der Waals surface area contributed by atoms with Gasteiger partial charge in [-0.3, -0.25) is 4.79 Å². The third kappa shape index (κ3) is 5.09. The third-order valence-corrected chi connectivity index (χ3v) is 7.97. The maximum atomic E-state index is 12.8. The molecule has 2 fully saturated rings. The highest BCUT2D eigenvalue weighted by Crippen LogP contribution is 2.36. The van der Waals surface area contributed by atoms with E-state index in [0.717, 1.165) is 0 Å². The first-order valence-corrected chi connectivity index (χ1v) is 12.0. The van der Waals surface area contributed by atoms with Crippen LogP contribution in [0.25, 0.3) is 0 Å². The van der Waals surface area contributed by atoms with Gasteiger partial charge in [-0.15, -0.1) is 0 Å². The molecule has 1 amide bonds. The fraction of sp³-hybridized carbons (Fsp3) is 0.737. The third-order valence-electron chi connectivity index (χ3n) is 6.29. The molecule has 2 saturated heterocycles. The van der Waals surface area contributed by atoms with E-state index in [-0.39, 0.29) is 16.8 Å². The van der Waals surface area contributed by atoms with Gasteiger partial charge in [-0.2, -0.15) is 0 Å². The Bertz CT molecular complexity index is 884. The average molecular weight is 455 g/mol. The fourth-order valence-corrected chi connectivity index (χ4v) is 5.11. The van der Waals surface area contributed by atoms with Gasteiger partial charge in [-0.1, -0.05) is 0 Å². The van der Waals surface area contributed by atoms with E-state index < -0.39 is 46.8 Å².